The molecule has 170 valence electrons. The lowest BCUT2D eigenvalue weighted by Crippen LogP contribution is -2.47. The maximum atomic E-state index is 6.37. The lowest BCUT2D eigenvalue weighted by molar-refractivity contribution is 0.216. The smallest absolute Gasteiger partial charge is 0.228 e. The van der Waals surface area contributed by atoms with Crippen LogP contribution in [0, 0.1) is 5.92 Å². The number of aromatic nitrogens is 2. The van der Waals surface area contributed by atoms with E-state index in [0.717, 1.165) is 37.9 Å². The van der Waals surface area contributed by atoms with Crippen LogP contribution < -0.4 is 15.5 Å². The van der Waals surface area contributed by atoms with Crippen molar-refractivity contribution in [2.75, 3.05) is 56.6 Å². The highest BCUT2D eigenvalue weighted by Crippen LogP contribution is 2.32. The van der Waals surface area contributed by atoms with Gasteiger partial charge in [-0.3, -0.25) is 4.90 Å². The number of nitrogens with two attached hydrogens (primary N) is 1. The molecule has 2 fully saturated rings. The van der Waals surface area contributed by atoms with Gasteiger partial charge in [-0.2, -0.15) is 9.97 Å². The Balaban J connectivity index is 0.00000261. The highest BCUT2D eigenvalue weighted by atomic mass is 35.5. The average molecular weight is 511 g/mol. The zero-order chi connectivity index (χ0) is 18.7. The van der Waals surface area contributed by atoms with E-state index in [1.807, 2.05) is 19.0 Å². The van der Waals surface area contributed by atoms with Gasteiger partial charge in [0.05, 0.1) is 0 Å². The molecule has 0 bridgehead atoms. The summed E-state index contributed by atoms with van der Waals surface area (Å²) in [6.07, 6.45) is 6.27. The van der Waals surface area contributed by atoms with Crippen molar-refractivity contribution in [1.29, 1.82) is 0 Å². The highest BCUT2D eigenvalue weighted by Gasteiger charge is 2.24. The van der Waals surface area contributed by atoms with Crippen LogP contribution in [0.4, 0.5) is 11.8 Å². The summed E-state index contributed by atoms with van der Waals surface area (Å²) in [6.45, 7) is 5.06. The van der Waals surface area contributed by atoms with Gasteiger partial charge >= 0.3 is 0 Å². The van der Waals surface area contributed by atoms with Gasteiger partial charge in [-0.25, -0.2) is 0 Å². The van der Waals surface area contributed by atoms with E-state index in [2.05, 4.69) is 19.8 Å². The Morgan fingerprint density at radius 1 is 0.966 bits per heavy atom. The molecule has 1 saturated heterocycles. The van der Waals surface area contributed by atoms with Crippen molar-refractivity contribution < 1.29 is 0 Å². The lowest BCUT2D eigenvalue weighted by atomic mass is 9.84. The monoisotopic (exact) mass is 508 g/mol. The van der Waals surface area contributed by atoms with Gasteiger partial charge in [0.25, 0.3) is 0 Å². The first kappa shape index (κ1) is 29.1. The zero-order valence-electron chi connectivity index (χ0n) is 17.0. The van der Waals surface area contributed by atoms with E-state index in [1.165, 1.54) is 38.6 Å². The Morgan fingerprint density at radius 3 is 2.10 bits per heavy atom. The summed E-state index contributed by atoms with van der Waals surface area (Å²) in [4.78, 5) is 15.5. The van der Waals surface area contributed by atoms with Crippen LogP contribution in [0.2, 0.25) is 10.2 Å². The molecule has 0 atom stereocenters. The second-order valence-corrected chi connectivity index (χ2v) is 8.48. The van der Waals surface area contributed by atoms with Crippen LogP contribution in [-0.2, 0) is 0 Å². The molecule has 2 heterocycles. The van der Waals surface area contributed by atoms with Gasteiger partial charge < -0.3 is 15.5 Å². The molecule has 0 spiro atoms. The SMILES string of the molecule is CN(C)c1nc(Cl)c(Cl)c(N2CCN(CCC3CCC(N)CC3)CC2)n1.Cl.Cl.Cl. The standard InChI is InChI=1S/C18H30Cl2N6.3ClH/c1-24(2)18-22-16(20)15(19)17(23-18)26-11-9-25(10-12-26)8-7-13-3-5-14(21)6-4-13;;;/h13-14H,3-12,21H2,1-2H3;3*1H. The van der Waals surface area contributed by atoms with Crippen molar-refractivity contribution in [3.63, 3.8) is 0 Å². The normalized spacial score (nSPS) is 22.2. The Kier molecular flexibility index (Phi) is 13.5. The van der Waals surface area contributed by atoms with Gasteiger partial charge in [0.1, 0.15) is 5.02 Å². The predicted octanol–water partition coefficient (Wildman–Crippen LogP) is 4.14. The predicted molar refractivity (Wildman–Crippen MR) is 131 cm³/mol. The summed E-state index contributed by atoms with van der Waals surface area (Å²) in [5, 5.41) is 0.766. The third-order valence-electron chi connectivity index (χ3n) is 5.60. The van der Waals surface area contributed by atoms with E-state index >= 15 is 0 Å². The number of piperazine rings is 1. The van der Waals surface area contributed by atoms with E-state index < -0.39 is 0 Å². The van der Waals surface area contributed by atoms with Crippen molar-refractivity contribution >= 4 is 72.2 Å². The highest BCUT2D eigenvalue weighted by molar-refractivity contribution is 6.42. The molecule has 1 saturated carbocycles. The molecule has 1 aromatic rings. The molecular formula is C18H33Cl5N6. The molecule has 0 radical (unpaired) electrons. The van der Waals surface area contributed by atoms with Crippen molar-refractivity contribution in [2.24, 2.45) is 11.7 Å². The van der Waals surface area contributed by atoms with Gasteiger partial charge in [0, 0.05) is 46.3 Å². The average Bonchev–Trinajstić information content (AvgIpc) is 2.64. The van der Waals surface area contributed by atoms with Crippen molar-refractivity contribution in [1.82, 2.24) is 14.9 Å². The van der Waals surface area contributed by atoms with Gasteiger partial charge in [-0.05, 0) is 44.6 Å². The molecule has 2 aliphatic rings. The first-order chi connectivity index (χ1) is 12.4. The molecule has 11 heteroatoms. The van der Waals surface area contributed by atoms with Gasteiger partial charge in [-0.15, -0.1) is 37.2 Å². The lowest BCUT2D eigenvalue weighted by Gasteiger charge is -2.37. The summed E-state index contributed by atoms with van der Waals surface area (Å²) >= 11 is 12.6. The van der Waals surface area contributed by atoms with E-state index in [9.17, 15) is 0 Å². The number of hydrogen-bond donors (Lipinski definition) is 1. The molecule has 1 aliphatic carbocycles. The molecule has 1 aromatic heterocycles. The van der Waals surface area contributed by atoms with Gasteiger partial charge in [0.2, 0.25) is 5.95 Å². The Hall–Kier alpha value is 0.0500. The summed E-state index contributed by atoms with van der Waals surface area (Å²) < 4.78 is 0. The first-order valence-electron chi connectivity index (χ1n) is 9.57. The largest absolute Gasteiger partial charge is 0.353 e. The van der Waals surface area contributed by atoms with Crippen molar-refractivity contribution in [3.8, 4) is 0 Å². The minimum Gasteiger partial charge on any atom is -0.353 e. The molecule has 0 amide bonds. The maximum Gasteiger partial charge on any atom is 0.228 e. The molecule has 2 N–H and O–H groups in total. The fourth-order valence-corrected chi connectivity index (χ4v) is 4.20. The fourth-order valence-electron chi connectivity index (χ4n) is 3.83. The molecule has 6 nitrogen and oxygen atoms in total. The summed E-state index contributed by atoms with van der Waals surface area (Å²) in [6, 6.07) is 0.436. The minimum absolute atomic E-state index is 0. The topological polar surface area (TPSA) is 61.5 Å². The van der Waals surface area contributed by atoms with Crippen LogP contribution in [-0.4, -0.2) is 67.7 Å². The van der Waals surface area contributed by atoms with Crippen LogP contribution in [0.25, 0.3) is 0 Å². The molecule has 0 unspecified atom stereocenters. The Labute approximate surface area is 203 Å². The molecule has 3 rings (SSSR count). The summed E-state index contributed by atoms with van der Waals surface area (Å²) in [5.41, 5.74) is 6.01. The minimum atomic E-state index is 0. The van der Waals surface area contributed by atoms with Crippen molar-refractivity contribution in [2.45, 2.75) is 38.1 Å². The molecule has 0 aromatic carbocycles. The second-order valence-electron chi connectivity index (χ2n) is 7.74. The van der Waals surface area contributed by atoms with Crippen LogP contribution in [0.3, 0.4) is 0 Å². The van der Waals surface area contributed by atoms with Crippen LogP contribution >= 0.6 is 60.4 Å². The number of hydrogen-bond acceptors (Lipinski definition) is 6. The van der Waals surface area contributed by atoms with E-state index in [-0.39, 0.29) is 37.2 Å². The van der Waals surface area contributed by atoms with Crippen LogP contribution in [0.15, 0.2) is 0 Å². The number of rotatable bonds is 5. The Morgan fingerprint density at radius 2 is 1.55 bits per heavy atom. The third-order valence-corrected chi connectivity index (χ3v) is 6.32. The molecular weight excluding hydrogens is 478 g/mol. The van der Waals surface area contributed by atoms with Gasteiger partial charge in [-0.1, -0.05) is 23.2 Å². The summed E-state index contributed by atoms with van der Waals surface area (Å²) in [7, 11) is 3.80. The molecule has 1 aliphatic heterocycles. The number of anilines is 2. The summed E-state index contributed by atoms with van der Waals surface area (Å²) in [5.74, 6) is 2.19. The quantitative estimate of drug-likeness (QED) is 0.601. The van der Waals surface area contributed by atoms with Crippen LogP contribution in [0.5, 0.6) is 0 Å². The fraction of sp³-hybridized carbons (Fsp3) is 0.778. The van der Waals surface area contributed by atoms with Crippen molar-refractivity contribution in [3.05, 3.63) is 10.2 Å². The van der Waals surface area contributed by atoms with Gasteiger partial charge in [0.15, 0.2) is 11.0 Å². The van der Waals surface area contributed by atoms with E-state index in [4.69, 9.17) is 28.9 Å². The number of halogens is 5. The third kappa shape index (κ3) is 7.91. The molecule has 29 heavy (non-hydrogen) atoms. The van der Waals surface area contributed by atoms with E-state index in [0.29, 0.717) is 22.2 Å². The number of nitrogens with zero attached hydrogens (tertiary/aromatic N) is 5. The van der Waals surface area contributed by atoms with E-state index in [1.54, 1.807) is 0 Å². The maximum absolute atomic E-state index is 6.37. The zero-order valence-corrected chi connectivity index (χ0v) is 21.0. The van der Waals surface area contributed by atoms with Crippen LogP contribution in [0.1, 0.15) is 32.1 Å². The first-order valence-corrected chi connectivity index (χ1v) is 10.3. The Bertz CT molecular complexity index is 605. The second kappa shape index (κ2) is 13.5.